The maximum atomic E-state index is 12.3. The number of likely N-dealkylation sites (tertiary alicyclic amines) is 1. The second-order valence-electron chi connectivity index (χ2n) is 6.93. The van der Waals surface area contributed by atoms with Crippen LogP contribution in [0.4, 0.5) is 0 Å². The smallest absolute Gasteiger partial charge is 0.308 e. The molecule has 3 rings (SSSR count). The Hall–Kier alpha value is -1.06. The molecule has 112 valence electrons. The van der Waals surface area contributed by atoms with Crippen LogP contribution in [0.25, 0.3) is 0 Å². The van der Waals surface area contributed by atoms with Crippen LogP contribution in [0.2, 0.25) is 0 Å². The molecule has 1 aliphatic heterocycles. The van der Waals surface area contributed by atoms with Gasteiger partial charge in [-0.05, 0) is 37.0 Å². The molecule has 20 heavy (non-hydrogen) atoms. The number of nitrogens with zero attached hydrogens (tertiary/aromatic N) is 1. The van der Waals surface area contributed by atoms with Gasteiger partial charge in [0.05, 0.1) is 5.92 Å². The molecule has 3 fully saturated rings. The summed E-state index contributed by atoms with van der Waals surface area (Å²) in [6, 6.07) is 0. The number of carboxylic acids is 1. The van der Waals surface area contributed by atoms with Crippen LogP contribution in [0.1, 0.15) is 51.4 Å². The molecule has 0 unspecified atom stereocenters. The fourth-order valence-electron chi connectivity index (χ4n) is 4.08. The van der Waals surface area contributed by atoms with Crippen LogP contribution in [-0.2, 0) is 9.59 Å². The van der Waals surface area contributed by atoms with E-state index in [4.69, 9.17) is 0 Å². The van der Waals surface area contributed by atoms with E-state index in [2.05, 4.69) is 0 Å². The molecule has 0 aromatic heterocycles. The van der Waals surface area contributed by atoms with E-state index in [1.54, 1.807) is 0 Å². The van der Waals surface area contributed by atoms with Crippen molar-refractivity contribution in [2.45, 2.75) is 51.4 Å². The van der Waals surface area contributed by atoms with Gasteiger partial charge in [0.2, 0.25) is 5.91 Å². The molecule has 2 aliphatic carbocycles. The first-order chi connectivity index (χ1) is 9.65. The first kappa shape index (κ1) is 13.9. The molecule has 1 saturated heterocycles. The van der Waals surface area contributed by atoms with E-state index < -0.39 is 5.97 Å². The molecular weight excluding hydrogens is 254 g/mol. The molecule has 1 N–H and O–H groups in total. The zero-order chi connectivity index (χ0) is 14.1. The Balaban J connectivity index is 1.51. The molecule has 0 spiro atoms. The highest BCUT2D eigenvalue weighted by molar-refractivity contribution is 5.79. The van der Waals surface area contributed by atoms with Crippen molar-refractivity contribution in [3.05, 3.63) is 0 Å². The van der Waals surface area contributed by atoms with Gasteiger partial charge in [0.15, 0.2) is 0 Å². The quantitative estimate of drug-likeness (QED) is 0.841. The minimum absolute atomic E-state index is 0.186. The predicted molar refractivity (Wildman–Crippen MR) is 75.1 cm³/mol. The molecule has 4 nitrogen and oxygen atoms in total. The van der Waals surface area contributed by atoms with Gasteiger partial charge in [0.1, 0.15) is 0 Å². The number of hydrogen-bond acceptors (Lipinski definition) is 2. The number of aliphatic carboxylic acids is 1. The third-order valence-corrected chi connectivity index (χ3v) is 5.50. The fraction of sp³-hybridized carbons (Fsp3) is 0.875. The molecule has 1 heterocycles. The average molecular weight is 279 g/mol. The Morgan fingerprint density at radius 2 is 1.75 bits per heavy atom. The number of carbonyl (C=O) groups excluding carboxylic acids is 1. The number of carbonyl (C=O) groups is 2. The van der Waals surface area contributed by atoms with Crippen LogP contribution in [0.3, 0.4) is 0 Å². The summed E-state index contributed by atoms with van der Waals surface area (Å²) in [7, 11) is 0. The Labute approximate surface area is 120 Å². The molecule has 3 aliphatic rings. The van der Waals surface area contributed by atoms with Gasteiger partial charge in [-0.25, -0.2) is 0 Å². The van der Waals surface area contributed by atoms with Crippen molar-refractivity contribution in [1.29, 1.82) is 0 Å². The van der Waals surface area contributed by atoms with Gasteiger partial charge in [0, 0.05) is 19.5 Å². The zero-order valence-corrected chi connectivity index (χ0v) is 12.1. The van der Waals surface area contributed by atoms with Crippen LogP contribution in [-0.4, -0.2) is 35.0 Å². The first-order valence-corrected chi connectivity index (χ1v) is 8.15. The fourth-order valence-corrected chi connectivity index (χ4v) is 4.08. The van der Waals surface area contributed by atoms with E-state index in [0.29, 0.717) is 25.4 Å². The SMILES string of the molecule is O=C(O)[C@@H]1CN(C(=O)CCC2CCCC2)C[C@H]1C1CC1. The second-order valence-corrected chi connectivity index (χ2v) is 6.93. The monoisotopic (exact) mass is 279 g/mol. The Bertz CT molecular complexity index is 385. The van der Waals surface area contributed by atoms with Crippen molar-refractivity contribution in [2.75, 3.05) is 13.1 Å². The minimum Gasteiger partial charge on any atom is -0.481 e. The first-order valence-electron chi connectivity index (χ1n) is 8.15. The average Bonchev–Trinajstić information content (AvgIpc) is 2.97. The van der Waals surface area contributed by atoms with Crippen molar-refractivity contribution in [3.8, 4) is 0 Å². The minimum atomic E-state index is -0.715. The van der Waals surface area contributed by atoms with Gasteiger partial charge in [-0.15, -0.1) is 0 Å². The van der Waals surface area contributed by atoms with Crippen molar-refractivity contribution in [2.24, 2.45) is 23.7 Å². The van der Waals surface area contributed by atoms with Crippen LogP contribution in [0.5, 0.6) is 0 Å². The number of amides is 1. The maximum Gasteiger partial charge on any atom is 0.308 e. The van der Waals surface area contributed by atoms with Crippen molar-refractivity contribution >= 4 is 11.9 Å². The van der Waals surface area contributed by atoms with E-state index in [-0.39, 0.29) is 17.7 Å². The highest BCUT2D eigenvalue weighted by Crippen LogP contribution is 2.44. The standard InChI is InChI=1S/C16H25NO3/c18-15(8-5-11-3-1-2-4-11)17-9-13(12-6-7-12)14(10-17)16(19)20/h11-14H,1-10H2,(H,19,20)/t13-,14+/m0/s1. The molecule has 1 amide bonds. The molecule has 4 heteroatoms. The van der Waals surface area contributed by atoms with Gasteiger partial charge in [0.25, 0.3) is 0 Å². The maximum absolute atomic E-state index is 12.3. The van der Waals surface area contributed by atoms with Crippen LogP contribution < -0.4 is 0 Å². The van der Waals surface area contributed by atoms with E-state index >= 15 is 0 Å². The van der Waals surface area contributed by atoms with Crippen molar-refractivity contribution in [1.82, 2.24) is 4.90 Å². The third kappa shape index (κ3) is 2.99. The number of carboxylic acid groups (broad SMARTS) is 1. The largest absolute Gasteiger partial charge is 0.481 e. The highest BCUT2D eigenvalue weighted by atomic mass is 16.4. The lowest BCUT2D eigenvalue weighted by atomic mass is 9.92. The van der Waals surface area contributed by atoms with Gasteiger partial charge < -0.3 is 10.0 Å². The van der Waals surface area contributed by atoms with E-state index in [9.17, 15) is 14.7 Å². The molecule has 0 radical (unpaired) electrons. The van der Waals surface area contributed by atoms with Gasteiger partial charge in [-0.3, -0.25) is 9.59 Å². The normalized spacial score (nSPS) is 30.9. The number of hydrogen-bond donors (Lipinski definition) is 1. The van der Waals surface area contributed by atoms with E-state index in [1.165, 1.54) is 25.7 Å². The topological polar surface area (TPSA) is 57.6 Å². The molecular formula is C16H25NO3. The summed E-state index contributed by atoms with van der Waals surface area (Å²) in [5.41, 5.74) is 0. The molecule has 0 bridgehead atoms. The highest BCUT2D eigenvalue weighted by Gasteiger charge is 2.46. The molecule has 0 aromatic rings. The van der Waals surface area contributed by atoms with Crippen LogP contribution in [0, 0.1) is 23.7 Å². The second kappa shape index (κ2) is 5.74. The summed E-state index contributed by atoms with van der Waals surface area (Å²) in [6.07, 6.45) is 9.10. The molecule has 0 aromatic carbocycles. The third-order valence-electron chi connectivity index (χ3n) is 5.50. The summed E-state index contributed by atoms with van der Waals surface area (Å²) < 4.78 is 0. The summed E-state index contributed by atoms with van der Waals surface area (Å²) in [5.74, 6) is 0.653. The van der Waals surface area contributed by atoms with Crippen molar-refractivity contribution < 1.29 is 14.7 Å². The van der Waals surface area contributed by atoms with Crippen molar-refractivity contribution in [3.63, 3.8) is 0 Å². The Morgan fingerprint density at radius 3 is 2.35 bits per heavy atom. The van der Waals surface area contributed by atoms with Gasteiger partial charge in [-0.2, -0.15) is 0 Å². The van der Waals surface area contributed by atoms with E-state index in [1.807, 2.05) is 4.90 Å². The lowest BCUT2D eigenvalue weighted by Crippen LogP contribution is -2.30. The van der Waals surface area contributed by atoms with E-state index in [0.717, 1.165) is 25.2 Å². The molecule has 2 atom stereocenters. The summed E-state index contributed by atoms with van der Waals surface area (Å²) >= 11 is 0. The Kier molecular flexibility index (Phi) is 3.99. The zero-order valence-electron chi connectivity index (χ0n) is 12.1. The van der Waals surface area contributed by atoms with Crippen LogP contribution >= 0.6 is 0 Å². The Morgan fingerprint density at radius 1 is 1.05 bits per heavy atom. The van der Waals surface area contributed by atoms with Crippen LogP contribution in [0.15, 0.2) is 0 Å². The lowest BCUT2D eigenvalue weighted by Gasteiger charge is -2.17. The number of rotatable bonds is 5. The van der Waals surface area contributed by atoms with Gasteiger partial charge in [-0.1, -0.05) is 25.7 Å². The predicted octanol–water partition coefficient (Wildman–Crippen LogP) is 2.53. The summed E-state index contributed by atoms with van der Waals surface area (Å²) in [4.78, 5) is 25.5. The van der Waals surface area contributed by atoms with Gasteiger partial charge >= 0.3 is 5.97 Å². The lowest BCUT2D eigenvalue weighted by molar-refractivity contribution is -0.142. The summed E-state index contributed by atoms with van der Waals surface area (Å²) in [6.45, 7) is 1.13. The molecule has 2 saturated carbocycles. The summed E-state index contributed by atoms with van der Waals surface area (Å²) in [5, 5.41) is 9.32.